The molecule has 15 heavy (non-hydrogen) atoms. The minimum Gasteiger partial charge on any atom is -0.469 e. The van der Waals surface area contributed by atoms with E-state index in [-0.39, 0.29) is 18.3 Å². The minimum absolute atomic E-state index is 0.198. The second kappa shape index (κ2) is 5.46. The summed E-state index contributed by atoms with van der Waals surface area (Å²) in [5.74, 6) is -1.08. The number of benzene rings is 1. The number of halogens is 1. The van der Waals surface area contributed by atoms with Gasteiger partial charge in [-0.25, -0.2) is 4.39 Å². The predicted molar refractivity (Wildman–Crippen MR) is 54.7 cm³/mol. The first kappa shape index (κ1) is 11.7. The van der Waals surface area contributed by atoms with Gasteiger partial charge in [0.1, 0.15) is 5.82 Å². The van der Waals surface area contributed by atoms with Crippen molar-refractivity contribution in [1.29, 1.82) is 0 Å². The third kappa shape index (κ3) is 3.32. The van der Waals surface area contributed by atoms with Crippen LogP contribution in [0.15, 0.2) is 24.3 Å². The highest BCUT2D eigenvalue weighted by atomic mass is 19.1. The topological polar surface area (TPSA) is 52.3 Å². The van der Waals surface area contributed by atoms with Crippen LogP contribution in [0, 0.1) is 11.7 Å². The predicted octanol–water partition coefficient (Wildman–Crippen LogP) is 1.12. The quantitative estimate of drug-likeness (QED) is 0.759. The van der Waals surface area contributed by atoms with Crippen molar-refractivity contribution in [2.45, 2.75) is 6.42 Å². The second-order valence-electron chi connectivity index (χ2n) is 3.29. The number of rotatable bonds is 4. The first-order valence-corrected chi connectivity index (χ1v) is 4.69. The van der Waals surface area contributed by atoms with Crippen LogP contribution in [-0.4, -0.2) is 19.6 Å². The highest BCUT2D eigenvalue weighted by Gasteiger charge is 2.17. The van der Waals surface area contributed by atoms with Gasteiger partial charge in [-0.05, 0) is 24.1 Å². The van der Waals surface area contributed by atoms with E-state index in [1.807, 2.05) is 0 Å². The molecule has 0 unspecified atom stereocenters. The number of carbonyl (C=O) groups is 1. The average molecular weight is 211 g/mol. The summed E-state index contributed by atoms with van der Waals surface area (Å²) >= 11 is 0. The number of hydrogen-bond donors (Lipinski definition) is 1. The Morgan fingerprint density at radius 3 is 2.87 bits per heavy atom. The summed E-state index contributed by atoms with van der Waals surface area (Å²) in [6.07, 6.45) is 0.404. The molecule has 0 aliphatic rings. The van der Waals surface area contributed by atoms with E-state index in [1.54, 1.807) is 12.1 Å². The second-order valence-corrected chi connectivity index (χ2v) is 3.29. The van der Waals surface area contributed by atoms with Crippen molar-refractivity contribution in [2.24, 2.45) is 11.7 Å². The molecule has 3 nitrogen and oxygen atoms in total. The fourth-order valence-electron chi connectivity index (χ4n) is 1.38. The van der Waals surface area contributed by atoms with Crippen LogP contribution in [-0.2, 0) is 16.0 Å². The molecule has 0 aromatic heterocycles. The van der Waals surface area contributed by atoms with E-state index in [0.29, 0.717) is 6.42 Å². The average Bonchev–Trinajstić information content (AvgIpc) is 2.25. The third-order valence-electron chi connectivity index (χ3n) is 2.19. The molecule has 1 aromatic rings. The number of nitrogens with two attached hydrogens (primary N) is 1. The van der Waals surface area contributed by atoms with Gasteiger partial charge >= 0.3 is 5.97 Å². The van der Waals surface area contributed by atoms with E-state index in [1.165, 1.54) is 19.2 Å². The van der Waals surface area contributed by atoms with E-state index in [4.69, 9.17) is 5.73 Å². The van der Waals surface area contributed by atoms with E-state index >= 15 is 0 Å². The first-order valence-electron chi connectivity index (χ1n) is 4.69. The minimum atomic E-state index is -0.406. The lowest BCUT2D eigenvalue weighted by molar-refractivity contribution is -0.145. The molecule has 0 heterocycles. The van der Waals surface area contributed by atoms with Gasteiger partial charge in [-0.3, -0.25) is 4.79 Å². The summed E-state index contributed by atoms with van der Waals surface area (Å²) in [5.41, 5.74) is 6.19. The molecule has 1 aromatic carbocycles. The summed E-state index contributed by atoms with van der Waals surface area (Å²) in [7, 11) is 1.32. The molecule has 0 fully saturated rings. The largest absolute Gasteiger partial charge is 0.469 e. The van der Waals surface area contributed by atoms with Gasteiger partial charge in [-0.15, -0.1) is 0 Å². The van der Waals surface area contributed by atoms with E-state index < -0.39 is 5.92 Å². The van der Waals surface area contributed by atoms with Gasteiger partial charge < -0.3 is 10.5 Å². The molecule has 0 bridgehead atoms. The van der Waals surface area contributed by atoms with Crippen LogP contribution in [0.4, 0.5) is 4.39 Å². The van der Waals surface area contributed by atoms with E-state index in [9.17, 15) is 9.18 Å². The van der Waals surface area contributed by atoms with Crippen molar-refractivity contribution in [3.8, 4) is 0 Å². The third-order valence-corrected chi connectivity index (χ3v) is 2.19. The van der Waals surface area contributed by atoms with Gasteiger partial charge in [0, 0.05) is 6.54 Å². The van der Waals surface area contributed by atoms with Gasteiger partial charge in [0.05, 0.1) is 13.0 Å². The Hall–Kier alpha value is -1.42. The summed E-state index contributed by atoms with van der Waals surface area (Å²) in [4.78, 5) is 11.2. The number of hydrogen-bond acceptors (Lipinski definition) is 3. The zero-order chi connectivity index (χ0) is 11.3. The van der Waals surface area contributed by atoms with Gasteiger partial charge in [0.2, 0.25) is 0 Å². The number of methoxy groups -OCH3 is 1. The summed E-state index contributed by atoms with van der Waals surface area (Å²) in [6.45, 7) is 0.198. The molecule has 2 N–H and O–H groups in total. The molecule has 0 amide bonds. The zero-order valence-electron chi connectivity index (χ0n) is 8.57. The van der Waals surface area contributed by atoms with Crippen LogP contribution >= 0.6 is 0 Å². The van der Waals surface area contributed by atoms with Crippen LogP contribution in [0.3, 0.4) is 0 Å². The Bertz CT molecular complexity index is 341. The maximum atomic E-state index is 12.9. The normalized spacial score (nSPS) is 12.2. The van der Waals surface area contributed by atoms with Gasteiger partial charge in [0.15, 0.2) is 0 Å². The van der Waals surface area contributed by atoms with Gasteiger partial charge in [0.25, 0.3) is 0 Å². The molecule has 0 saturated heterocycles. The van der Waals surface area contributed by atoms with Crippen LogP contribution < -0.4 is 5.73 Å². The van der Waals surface area contributed by atoms with Crippen LogP contribution in [0.5, 0.6) is 0 Å². The van der Waals surface area contributed by atoms with Crippen molar-refractivity contribution in [3.05, 3.63) is 35.6 Å². The maximum Gasteiger partial charge on any atom is 0.310 e. The van der Waals surface area contributed by atoms with Crippen molar-refractivity contribution in [1.82, 2.24) is 0 Å². The number of esters is 1. The first-order chi connectivity index (χ1) is 7.17. The Labute approximate surface area is 88.0 Å². The monoisotopic (exact) mass is 211 g/mol. The SMILES string of the molecule is COC(=O)[C@H](CN)Cc1cccc(F)c1. The Balaban J connectivity index is 2.70. The summed E-state index contributed by atoms with van der Waals surface area (Å²) in [5, 5.41) is 0. The van der Waals surface area contributed by atoms with Gasteiger partial charge in [-0.2, -0.15) is 0 Å². The molecule has 0 spiro atoms. The van der Waals surface area contributed by atoms with E-state index in [0.717, 1.165) is 5.56 Å². The molecular weight excluding hydrogens is 197 g/mol. The number of ether oxygens (including phenoxy) is 1. The van der Waals surface area contributed by atoms with Crippen molar-refractivity contribution < 1.29 is 13.9 Å². The lowest BCUT2D eigenvalue weighted by atomic mass is 9.99. The molecule has 82 valence electrons. The smallest absolute Gasteiger partial charge is 0.310 e. The van der Waals surface area contributed by atoms with Crippen molar-refractivity contribution in [2.75, 3.05) is 13.7 Å². The molecule has 0 saturated carbocycles. The fraction of sp³-hybridized carbons (Fsp3) is 0.364. The Morgan fingerprint density at radius 2 is 2.33 bits per heavy atom. The van der Waals surface area contributed by atoms with Crippen molar-refractivity contribution >= 4 is 5.97 Å². The zero-order valence-corrected chi connectivity index (χ0v) is 8.57. The Kier molecular flexibility index (Phi) is 4.24. The maximum absolute atomic E-state index is 12.9. The van der Waals surface area contributed by atoms with Crippen LogP contribution in [0.25, 0.3) is 0 Å². The number of carbonyl (C=O) groups excluding carboxylic acids is 1. The van der Waals surface area contributed by atoms with Crippen LogP contribution in [0.1, 0.15) is 5.56 Å². The molecular formula is C11H14FNO2. The molecule has 1 rings (SSSR count). The molecule has 0 aliphatic carbocycles. The van der Waals surface area contributed by atoms with Crippen molar-refractivity contribution in [3.63, 3.8) is 0 Å². The Morgan fingerprint density at radius 1 is 1.60 bits per heavy atom. The lowest BCUT2D eigenvalue weighted by Crippen LogP contribution is -2.26. The lowest BCUT2D eigenvalue weighted by Gasteiger charge is -2.11. The molecule has 1 atom stereocenters. The molecule has 0 radical (unpaired) electrons. The van der Waals surface area contributed by atoms with Gasteiger partial charge in [-0.1, -0.05) is 12.1 Å². The standard InChI is InChI=1S/C11H14FNO2/c1-15-11(14)9(7-13)5-8-3-2-4-10(12)6-8/h2-4,6,9H,5,7,13H2,1H3/t9-/m0/s1. The summed E-state index contributed by atoms with van der Waals surface area (Å²) in [6, 6.07) is 6.12. The van der Waals surface area contributed by atoms with Crippen LogP contribution in [0.2, 0.25) is 0 Å². The highest BCUT2D eigenvalue weighted by molar-refractivity contribution is 5.72. The highest BCUT2D eigenvalue weighted by Crippen LogP contribution is 2.10. The molecule has 4 heteroatoms. The van der Waals surface area contributed by atoms with E-state index in [2.05, 4.69) is 4.74 Å². The molecule has 0 aliphatic heterocycles. The summed E-state index contributed by atoms with van der Waals surface area (Å²) < 4.78 is 17.5. The fourth-order valence-corrected chi connectivity index (χ4v) is 1.38.